The van der Waals surface area contributed by atoms with Crippen LogP contribution >= 0.6 is 0 Å². The van der Waals surface area contributed by atoms with E-state index in [1.54, 1.807) is 37.3 Å². The lowest BCUT2D eigenvalue weighted by Gasteiger charge is -2.18. The van der Waals surface area contributed by atoms with Crippen LogP contribution in [0.4, 0.5) is 5.69 Å². The number of carbonyl (C=O) groups is 3. The zero-order valence-corrected chi connectivity index (χ0v) is 19.6. The summed E-state index contributed by atoms with van der Waals surface area (Å²) in [5, 5.41) is 25.0. The van der Waals surface area contributed by atoms with Gasteiger partial charge in [-0.05, 0) is 79.8 Å². The maximum atomic E-state index is 13.2. The second kappa shape index (κ2) is 10.4. The normalized spacial score (nSPS) is 13.7. The molecule has 1 aromatic heterocycles. The predicted octanol–water partition coefficient (Wildman–Crippen LogP) is 4.26. The molecule has 8 nitrogen and oxygen atoms in total. The smallest absolute Gasteiger partial charge is 0.303 e. The summed E-state index contributed by atoms with van der Waals surface area (Å²) >= 11 is 0. The first kappa shape index (κ1) is 24.0. The van der Waals surface area contributed by atoms with Gasteiger partial charge in [-0.15, -0.1) is 0 Å². The fourth-order valence-electron chi connectivity index (χ4n) is 4.06. The molecule has 0 bridgehead atoms. The summed E-state index contributed by atoms with van der Waals surface area (Å²) in [5.74, 6) is -0.689. The molecular weight excluding hydrogens is 444 g/mol. The van der Waals surface area contributed by atoms with Crippen LogP contribution in [0.2, 0.25) is 0 Å². The fraction of sp³-hybridized carbons (Fsp3) is 0.333. The van der Waals surface area contributed by atoms with Crippen LogP contribution in [-0.4, -0.2) is 34.0 Å². The molecule has 0 saturated heterocycles. The molecule has 1 saturated carbocycles. The minimum absolute atomic E-state index is 0.0235. The van der Waals surface area contributed by atoms with Crippen LogP contribution in [-0.2, 0) is 16.0 Å². The Morgan fingerprint density at radius 1 is 1.17 bits per heavy atom. The molecule has 3 N–H and O–H groups in total. The minimum atomic E-state index is -0.877. The van der Waals surface area contributed by atoms with Gasteiger partial charge in [0.15, 0.2) is 0 Å². The highest BCUT2D eigenvalue weighted by Crippen LogP contribution is 2.28. The zero-order chi connectivity index (χ0) is 24.9. The van der Waals surface area contributed by atoms with Crippen molar-refractivity contribution in [3.05, 3.63) is 65.4 Å². The predicted molar refractivity (Wildman–Crippen MR) is 132 cm³/mol. The molecule has 0 radical (unpaired) electrons. The Morgan fingerprint density at radius 3 is 2.69 bits per heavy atom. The number of rotatable bonds is 10. The lowest BCUT2D eigenvalue weighted by Crippen LogP contribution is -2.26. The second-order valence-corrected chi connectivity index (χ2v) is 9.05. The molecule has 2 aromatic carbocycles. The number of nitrogens with one attached hydrogen (secondary N) is 2. The molecule has 8 heteroatoms. The summed E-state index contributed by atoms with van der Waals surface area (Å²) in [4.78, 5) is 36.6. The molecule has 4 rings (SSSR count). The Hall–Kier alpha value is -4.12. The number of carbonyl (C=O) groups excluding carboxylic acids is 2. The number of hydrogen-bond acceptors (Lipinski definition) is 4. The molecule has 0 spiro atoms. The van der Waals surface area contributed by atoms with Crippen LogP contribution in [0.5, 0.6) is 0 Å². The van der Waals surface area contributed by atoms with Crippen LogP contribution in [0, 0.1) is 17.2 Å². The highest BCUT2D eigenvalue weighted by molar-refractivity contribution is 5.99. The van der Waals surface area contributed by atoms with Crippen molar-refractivity contribution in [3.63, 3.8) is 0 Å². The highest BCUT2D eigenvalue weighted by atomic mass is 16.4. The van der Waals surface area contributed by atoms with Crippen LogP contribution in [0.3, 0.4) is 0 Å². The molecule has 0 aliphatic heterocycles. The van der Waals surface area contributed by atoms with E-state index in [-0.39, 0.29) is 18.2 Å². The summed E-state index contributed by atoms with van der Waals surface area (Å²) in [5.41, 5.74) is 3.01. The Labute approximate surface area is 203 Å². The Kier molecular flexibility index (Phi) is 7.16. The van der Waals surface area contributed by atoms with Crippen molar-refractivity contribution in [2.45, 2.75) is 45.1 Å². The van der Waals surface area contributed by atoms with Crippen LogP contribution in [0.1, 0.15) is 60.1 Å². The summed E-state index contributed by atoms with van der Waals surface area (Å²) in [6.07, 6.45) is 5.05. The van der Waals surface area contributed by atoms with Crippen molar-refractivity contribution in [1.29, 1.82) is 5.26 Å². The number of amides is 2. The third-order valence-corrected chi connectivity index (χ3v) is 6.36. The molecule has 1 fully saturated rings. The monoisotopic (exact) mass is 472 g/mol. The number of benzene rings is 2. The van der Waals surface area contributed by atoms with E-state index in [9.17, 15) is 19.6 Å². The number of aryl methyl sites for hydroxylation is 1. The van der Waals surface area contributed by atoms with E-state index >= 15 is 0 Å². The number of aromatic nitrogens is 1. The molecule has 1 heterocycles. The van der Waals surface area contributed by atoms with Crippen molar-refractivity contribution in [1.82, 2.24) is 9.88 Å². The number of fused-ring (bicyclic) bond motifs is 1. The molecule has 3 aromatic rings. The average Bonchev–Trinajstić information content (AvgIpc) is 3.59. The Morgan fingerprint density at radius 2 is 1.97 bits per heavy atom. The van der Waals surface area contributed by atoms with E-state index in [1.807, 2.05) is 22.9 Å². The topological polar surface area (TPSA) is 124 Å². The van der Waals surface area contributed by atoms with E-state index in [2.05, 4.69) is 16.7 Å². The molecule has 35 heavy (non-hydrogen) atoms. The summed E-state index contributed by atoms with van der Waals surface area (Å²) < 4.78 is 1.82. The van der Waals surface area contributed by atoms with Gasteiger partial charge in [-0.3, -0.25) is 14.4 Å². The average molecular weight is 473 g/mol. The van der Waals surface area contributed by atoms with Crippen molar-refractivity contribution in [3.8, 4) is 6.07 Å². The summed E-state index contributed by atoms with van der Waals surface area (Å²) in [7, 11) is 0. The van der Waals surface area contributed by atoms with Gasteiger partial charge in [-0.1, -0.05) is 12.1 Å². The molecule has 1 aliphatic rings. The van der Waals surface area contributed by atoms with Crippen molar-refractivity contribution >= 4 is 34.4 Å². The molecule has 1 aliphatic carbocycles. The molecule has 1 atom stereocenters. The van der Waals surface area contributed by atoms with E-state index in [0.717, 1.165) is 29.3 Å². The van der Waals surface area contributed by atoms with E-state index < -0.39 is 12.0 Å². The minimum Gasteiger partial charge on any atom is -0.481 e. The van der Waals surface area contributed by atoms with Crippen LogP contribution in [0.25, 0.3) is 10.9 Å². The summed E-state index contributed by atoms with van der Waals surface area (Å²) in [6.45, 7) is 2.46. The Bertz CT molecular complexity index is 1320. The van der Waals surface area contributed by atoms with Gasteiger partial charge in [0.25, 0.3) is 5.91 Å². The third-order valence-electron chi connectivity index (χ3n) is 6.36. The number of hydrogen-bond donors (Lipinski definition) is 3. The maximum Gasteiger partial charge on any atom is 0.303 e. The highest BCUT2D eigenvalue weighted by Gasteiger charge is 2.23. The first-order chi connectivity index (χ1) is 16.9. The van der Waals surface area contributed by atoms with E-state index in [0.29, 0.717) is 42.1 Å². The number of aliphatic carboxylic acids is 1. The molecule has 180 valence electrons. The van der Waals surface area contributed by atoms with Crippen molar-refractivity contribution in [2.24, 2.45) is 5.92 Å². The van der Waals surface area contributed by atoms with Crippen LogP contribution < -0.4 is 10.6 Å². The van der Waals surface area contributed by atoms with Gasteiger partial charge < -0.3 is 20.3 Å². The number of anilines is 1. The first-order valence-electron chi connectivity index (χ1n) is 11.8. The largest absolute Gasteiger partial charge is 0.481 e. The lowest BCUT2D eigenvalue weighted by molar-refractivity contribution is -0.137. The van der Waals surface area contributed by atoms with Gasteiger partial charge in [0.1, 0.15) is 6.04 Å². The quantitative estimate of drug-likeness (QED) is 0.407. The van der Waals surface area contributed by atoms with Gasteiger partial charge in [0.2, 0.25) is 5.91 Å². The van der Waals surface area contributed by atoms with Crippen LogP contribution in [0.15, 0.2) is 48.7 Å². The number of nitrogens with zero attached hydrogens (tertiary/aromatic N) is 2. The zero-order valence-electron chi connectivity index (χ0n) is 19.6. The maximum absolute atomic E-state index is 13.2. The molecule has 1 unspecified atom stereocenters. The fourth-order valence-corrected chi connectivity index (χ4v) is 4.06. The lowest BCUT2D eigenvalue weighted by atomic mass is 10.0. The van der Waals surface area contributed by atoms with E-state index in [4.69, 9.17) is 5.11 Å². The number of nitriles is 1. The van der Waals surface area contributed by atoms with Crippen molar-refractivity contribution in [2.75, 3.05) is 11.9 Å². The molecular formula is C27H28N4O4. The van der Waals surface area contributed by atoms with E-state index in [1.165, 1.54) is 0 Å². The van der Waals surface area contributed by atoms with Gasteiger partial charge in [-0.25, -0.2) is 0 Å². The SMILES string of the molecule is CC(C(=O)Nc1cc(C#N)ccc1CCCC(=O)O)n1ccc2ccc(C(=O)NCC3CC3)cc21. The second-order valence-electron chi connectivity index (χ2n) is 9.05. The third kappa shape index (κ3) is 5.87. The number of carboxylic acids is 1. The van der Waals surface area contributed by atoms with Gasteiger partial charge in [-0.2, -0.15) is 5.26 Å². The molecule has 2 amide bonds. The van der Waals surface area contributed by atoms with Crippen molar-refractivity contribution < 1.29 is 19.5 Å². The van der Waals surface area contributed by atoms with Gasteiger partial charge >= 0.3 is 5.97 Å². The summed E-state index contributed by atoms with van der Waals surface area (Å²) in [6, 6.07) is 13.9. The van der Waals surface area contributed by atoms with Gasteiger partial charge in [0.05, 0.1) is 11.6 Å². The standard InChI is InChI=1S/C27H28N4O4/c1-17(26(34)30-23-13-19(15-28)7-8-20(23)3-2-4-25(32)33)31-12-11-21-9-10-22(14-24(21)31)27(35)29-16-18-5-6-18/h7-14,17-18H,2-6,16H2,1H3,(H,29,35)(H,30,34)(H,32,33). The van der Waals surface area contributed by atoms with Gasteiger partial charge in [0, 0.05) is 35.9 Å². The number of carboxylic acid groups (broad SMARTS) is 1. The Balaban J connectivity index is 1.52. The first-order valence-corrected chi connectivity index (χ1v) is 11.8.